The molecule has 0 heterocycles. The van der Waals surface area contributed by atoms with Crippen LogP contribution >= 0.6 is 22.6 Å². The quantitative estimate of drug-likeness (QED) is 0.284. The van der Waals surface area contributed by atoms with Crippen molar-refractivity contribution in [2.45, 2.75) is 32.6 Å². The van der Waals surface area contributed by atoms with Crippen molar-refractivity contribution in [1.29, 1.82) is 0 Å². The van der Waals surface area contributed by atoms with Gasteiger partial charge in [0.05, 0.1) is 6.61 Å². The minimum atomic E-state index is -0.240. The van der Waals surface area contributed by atoms with Crippen molar-refractivity contribution < 1.29 is 14.3 Å². The number of halogens is 1. The van der Waals surface area contributed by atoms with Crippen molar-refractivity contribution in [3.05, 3.63) is 0 Å². The van der Waals surface area contributed by atoms with Gasteiger partial charge in [-0.3, -0.25) is 4.79 Å². The molecule has 0 bridgehead atoms. The summed E-state index contributed by atoms with van der Waals surface area (Å²) in [5.74, 6) is -0.240. The van der Waals surface area contributed by atoms with Gasteiger partial charge in [-0.2, -0.15) is 0 Å². The molecule has 4 heteroatoms. The van der Waals surface area contributed by atoms with Crippen molar-refractivity contribution >= 4 is 28.6 Å². The lowest BCUT2D eigenvalue weighted by atomic mass is 10.2. The molecule has 0 saturated carbocycles. The Morgan fingerprint density at radius 2 is 1.79 bits per heavy atom. The molecule has 0 fully saturated rings. The van der Waals surface area contributed by atoms with E-state index in [9.17, 15) is 4.79 Å². The van der Waals surface area contributed by atoms with Gasteiger partial charge in [-0.05, 0) is 17.3 Å². The lowest BCUT2D eigenvalue weighted by molar-refractivity contribution is -0.142. The predicted molar refractivity (Wildman–Crippen MR) is 64.8 cm³/mol. The molecule has 0 saturated heterocycles. The van der Waals surface area contributed by atoms with Gasteiger partial charge in [0.25, 0.3) is 0 Å². The molecular weight excluding hydrogens is 295 g/mol. The Morgan fingerprint density at radius 3 is 2.43 bits per heavy atom. The summed E-state index contributed by atoms with van der Waals surface area (Å²) in [7, 11) is 0. The molecule has 0 aromatic heterocycles. The summed E-state index contributed by atoms with van der Waals surface area (Å²) in [6, 6.07) is 0. The first-order valence-electron chi connectivity index (χ1n) is 5.04. The highest BCUT2D eigenvalue weighted by Crippen LogP contribution is 2.02. The molecule has 3 nitrogen and oxygen atoms in total. The Labute approximate surface area is 99.7 Å². The molecule has 0 aromatic rings. The average Bonchev–Trinajstić information content (AvgIpc) is 2.15. The fourth-order valence-corrected chi connectivity index (χ4v) is 1.54. The van der Waals surface area contributed by atoms with Gasteiger partial charge in [0.1, 0.15) is 6.61 Å². The molecule has 0 spiro atoms. The molecule has 0 aliphatic heterocycles. The van der Waals surface area contributed by atoms with Crippen molar-refractivity contribution in [2.24, 2.45) is 0 Å². The number of hydrogen-bond acceptors (Lipinski definition) is 3. The van der Waals surface area contributed by atoms with E-state index in [0.717, 1.165) is 13.0 Å². The normalized spacial score (nSPS) is 10.1. The van der Waals surface area contributed by atoms with Crippen LogP contribution in [0, 0.1) is 0 Å². The maximum absolute atomic E-state index is 10.4. The second-order valence-corrected chi connectivity index (χ2v) is 4.13. The van der Waals surface area contributed by atoms with Crippen LogP contribution in [0.5, 0.6) is 0 Å². The van der Waals surface area contributed by atoms with Crippen LogP contribution in [0.25, 0.3) is 0 Å². The summed E-state index contributed by atoms with van der Waals surface area (Å²) in [4.78, 5) is 10.4. The molecule has 0 atom stereocenters. The van der Waals surface area contributed by atoms with Crippen molar-refractivity contribution in [2.75, 3.05) is 24.2 Å². The number of alkyl halides is 1. The Bertz CT molecular complexity index is 139. The van der Waals surface area contributed by atoms with Gasteiger partial charge >= 0.3 is 5.97 Å². The minimum Gasteiger partial charge on any atom is -0.463 e. The van der Waals surface area contributed by atoms with Gasteiger partial charge in [-0.15, -0.1) is 0 Å². The third-order valence-corrected chi connectivity index (χ3v) is 2.47. The molecule has 14 heavy (non-hydrogen) atoms. The van der Waals surface area contributed by atoms with Gasteiger partial charge < -0.3 is 9.47 Å². The second-order valence-electron chi connectivity index (χ2n) is 3.06. The Morgan fingerprint density at radius 1 is 1.07 bits per heavy atom. The van der Waals surface area contributed by atoms with E-state index in [4.69, 9.17) is 9.47 Å². The van der Waals surface area contributed by atoms with Gasteiger partial charge in [0.2, 0.25) is 0 Å². The van der Waals surface area contributed by atoms with Crippen LogP contribution in [0.2, 0.25) is 0 Å². The zero-order valence-corrected chi connectivity index (χ0v) is 10.9. The standard InChI is InChI=1S/C10H19IO3/c1-10(12)14-9-8-13-7-5-3-2-4-6-11/h2-9H2,1H3. The summed E-state index contributed by atoms with van der Waals surface area (Å²) in [6.07, 6.45) is 4.93. The van der Waals surface area contributed by atoms with Gasteiger partial charge in [-0.25, -0.2) is 0 Å². The molecule has 84 valence electrons. The van der Waals surface area contributed by atoms with E-state index in [2.05, 4.69) is 22.6 Å². The molecule has 0 N–H and O–H groups in total. The van der Waals surface area contributed by atoms with Crippen LogP contribution in [0.1, 0.15) is 32.6 Å². The highest BCUT2D eigenvalue weighted by molar-refractivity contribution is 14.1. The monoisotopic (exact) mass is 314 g/mol. The van der Waals surface area contributed by atoms with Crippen LogP contribution < -0.4 is 0 Å². The third-order valence-electron chi connectivity index (χ3n) is 1.71. The first-order chi connectivity index (χ1) is 6.77. The number of carbonyl (C=O) groups is 1. The van der Waals surface area contributed by atoms with E-state index in [1.807, 2.05) is 0 Å². The predicted octanol–water partition coefficient (Wildman–Crippen LogP) is 2.56. The molecule has 0 aromatic carbocycles. The molecular formula is C10H19IO3. The Hall–Kier alpha value is 0.160. The fourth-order valence-electron chi connectivity index (χ4n) is 0.999. The number of unbranched alkanes of at least 4 members (excludes halogenated alkanes) is 3. The molecule has 0 radical (unpaired) electrons. The van der Waals surface area contributed by atoms with E-state index in [0.29, 0.717) is 13.2 Å². The van der Waals surface area contributed by atoms with E-state index < -0.39 is 0 Å². The average molecular weight is 314 g/mol. The van der Waals surface area contributed by atoms with E-state index >= 15 is 0 Å². The Balaban J connectivity index is 2.88. The summed E-state index contributed by atoms with van der Waals surface area (Å²) in [6.45, 7) is 3.08. The van der Waals surface area contributed by atoms with Gasteiger partial charge in [-0.1, -0.05) is 35.4 Å². The Kier molecular flexibility index (Phi) is 11.4. The zero-order valence-electron chi connectivity index (χ0n) is 8.76. The first kappa shape index (κ1) is 14.2. The minimum absolute atomic E-state index is 0.240. The SMILES string of the molecule is CC(=O)OCCOCCCCCCI. The summed E-state index contributed by atoms with van der Waals surface area (Å²) in [5.41, 5.74) is 0. The third kappa shape index (κ3) is 12.2. The number of ether oxygens (including phenoxy) is 2. The van der Waals surface area contributed by atoms with Gasteiger partial charge in [0, 0.05) is 13.5 Å². The topological polar surface area (TPSA) is 35.5 Å². The molecule has 0 aliphatic rings. The maximum Gasteiger partial charge on any atom is 0.302 e. The first-order valence-corrected chi connectivity index (χ1v) is 6.57. The molecule has 0 rings (SSSR count). The molecule has 0 aliphatic carbocycles. The summed E-state index contributed by atoms with van der Waals surface area (Å²) in [5, 5.41) is 0. The lowest BCUT2D eigenvalue weighted by Gasteiger charge is -2.04. The van der Waals surface area contributed by atoms with Gasteiger partial charge in [0.15, 0.2) is 0 Å². The van der Waals surface area contributed by atoms with Crippen LogP contribution in [0.3, 0.4) is 0 Å². The van der Waals surface area contributed by atoms with Crippen LogP contribution in [-0.2, 0) is 14.3 Å². The number of hydrogen-bond donors (Lipinski definition) is 0. The molecule has 0 unspecified atom stereocenters. The highest BCUT2D eigenvalue weighted by atomic mass is 127. The largest absolute Gasteiger partial charge is 0.463 e. The van der Waals surface area contributed by atoms with Crippen molar-refractivity contribution in [3.63, 3.8) is 0 Å². The van der Waals surface area contributed by atoms with E-state index in [1.165, 1.54) is 30.6 Å². The van der Waals surface area contributed by atoms with E-state index in [1.54, 1.807) is 0 Å². The molecule has 0 amide bonds. The highest BCUT2D eigenvalue weighted by Gasteiger charge is 1.93. The second kappa shape index (κ2) is 11.2. The lowest BCUT2D eigenvalue weighted by Crippen LogP contribution is -2.08. The number of carbonyl (C=O) groups excluding carboxylic acids is 1. The van der Waals surface area contributed by atoms with E-state index in [-0.39, 0.29) is 5.97 Å². The smallest absolute Gasteiger partial charge is 0.302 e. The summed E-state index contributed by atoms with van der Waals surface area (Å²) >= 11 is 2.39. The fraction of sp³-hybridized carbons (Fsp3) is 0.900. The van der Waals surface area contributed by atoms with Crippen LogP contribution in [-0.4, -0.2) is 30.2 Å². The number of esters is 1. The maximum atomic E-state index is 10.4. The van der Waals surface area contributed by atoms with Crippen molar-refractivity contribution in [3.8, 4) is 0 Å². The van der Waals surface area contributed by atoms with Crippen LogP contribution in [0.4, 0.5) is 0 Å². The number of rotatable bonds is 9. The zero-order chi connectivity index (χ0) is 10.6. The van der Waals surface area contributed by atoms with Crippen LogP contribution in [0.15, 0.2) is 0 Å². The van der Waals surface area contributed by atoms with Crippen molar-refractivity contribution in [1.82, 2.24) is 0 Å². The summed E-state index contributed by atoms with van der Waals surface area (Å²) < 4.78 is 11.2.